The van der Waals surface area contributed by atoms with E-state index in [2.05, 4.69) is 4.98 Å². The monoisotopic (exact) mass is 314 g/mol. The van der Waals surface area contributed by atoms with Gasteiger partial charge in [0.25, 0.3) is 5.56 Å². The van der Waals surface area contributed by atoms with Crippen LogP contribution in [0.4, 0.5) is 0 Å². The molecule has 0 saturated heterocycles. The summed E-state index contributed by atoms with van der Waals surface area (Å²) >= 11 is 6.07. The van der Waals surface area contributed by atoms with Crippen LogP contribution in [0, 0.1) is 0 Å². The van der Waals surface area contributed by atoms with Crippen molar-refractivity contribution in [1.82, 2.24) is 9.55 Å². The molecule has 22 heavy (non-hydrogen) atoms. The van der Waals surface area contributed by atoms with E-state index < -0.39 is 5.97 Å². The Hall–Kier alpha value is -2.66. The summed E-state index contributed by atoms with van der Waals surface area (Å²) in [6, 6.07) is 9.79. The number of hydrogen-bond donors (Lipinski definition) is 1. The molecule has 0 aliphatic heterocycles. The Bertz CT molecular complexity index is 934. The molecule has 0 spiro atoms. The number of pyridine rings is 2. The number of aromatic carboxylic acids is 1. The number of carboxylic acids is 1. The zero-order valence-corrected chi connectivity index (χ0v) is 12.1. The maximum Gasteiger partial charge on any atom is 0.335 e. The van der Waals surface area contributed by atoms with Crippen LogP contribution >= 0.6 is 11.6 Å². The van der Waals surface area contributed by atoms with E-state index in [1.54, 1.807) is 30.5 Å². The highest BCUT2D eigenvalue weighted by Crippen LogP contribution is 2.20. The molecule has 0 aliphatic rings. The Morgan fingerprint density at radius 1 is 1.23 bits per heavy atom. The number of aromatic nitrogens is 2. The number of rotatable bonds is 3. The van der Waals surface area contributed by atoms with Gasteiger partial charge in [0.05, 0.1) is 17.8 Å². The molecule has 0 saturated carbocycles. The third-order valence-electron chi connectivity index (χ3n) is 3.36. The Morgan fingerprint density at radius 2 is 2.05 bits per heavy atom. The highest BCUT2D eigenvalue weighted by atomic mass is 35.5. The molecule has 0 radical (unpaired) electrons. The lowest BCUT2D eigenvalue weighted by Crippen LogP contribution is -2.20. The molecule has 0 amide bonds. The van der Waals surface area contributed by atoms with E-state index >= 15 is 0 Å². The first-order valence-electron chi connectivity index (χ1n) is 6.52. The summed E-state index contributed by atoms with van der Waals surface area (Å²) in [7, 11) is 0. The van der Waals surface area contributed by atoms with E-state index in [4.69, 9.17) is 16.7 Å². The van der Waals surface area contributed by atoms with Crippen molar-refractivity contribution in [3.05, 3.63) is 75.4 Å². The molecular formula is C16H11ClN2O3. The minimum atomic E-state index is -1.03. The fourth-order valence-electron chi connectivity index (χ4n) is 2.28. The van der Waals surface area contributed by atoms with Crippen molar-refractivity contribution in [2.24, 2.45) is 0 Å². The van der Waals surface area contributed by atoms with Crippen molar-refractivity contribution in [3.63, 3.8) is 0 Å². The molecular weight excluding hydrogens is 304 g/mol. The summed E-state index contributed by atoms with van der Waals surface area (Å²) in [4.78, 5) is 27.5. The average molecular weight is 315 g/mol. The second kappa shape index (κ2) is 5.61. The van der Waals surface area contributed by atoms with Gasteiger partial charge in [-0.3, -0.25) is 9.78 Å². The van der Waals surface area contributed by atoms with E-state index in [1.807, 2.05) is 0 Å². The lowest BCUT2D eigenvalue weighted by molar-refractivity contribution is 0.0696. The lowest BCUT2D eigenvalue weighted by Gasteiger charge is -2.08. The summed E-state index contributed by atoms with van der Waals surface area (Å²) in [5, 5.41) is 10.7. The number of halogens is 1. The number of hydrogen-bond acceptors (Lipinski definition) is 3. The first kappa shape index (κ1) is 14.3. The van der Waals surface area contributed by atoms with Gasteiger partial charge < -0.3 is 9.67 Å². The van der Waals surface area contributed by atoms with Gasteiger partial charge in [-0.1, -0.05) is 17.7 Å². The van der Waals surface area contributed by atoms with Gasteiger partial charge in [0, 0.05) is 28.2 Å². The Balaban J connectivity index is 2.05. The molecule has 0 fully saturated rings. The maximum absolute atomic E-state index is 12.5. The Morgan fingerprint density at radius 3 is 2.82 bits per heavy atom. The van der Waals surface area contributed by atoms with Gasteiger partial charge in [-0.2, -0.15) is 0 Å². The van der Waals surface area contributed by atoms with E-state index in [1.165, 1.54) is 22.9 Å². The smallest absolute Gasteiger partial charge is 0.335 e. The summed E-state index contributed by atoms with van der Waals surface area (Å²) in [5.74, 6) is -1.03. The van der Waals surface area contributed by atoms with Crippen molar-refractivity contribution in [2.45, 2.75) is 6.54 Å². The predicted molar refractivity (Wildman–Crippen MR) is 83.5 cm³/mol. The highest BCUT2D eigenvalue weighted by Gasteiger charge is 2.08. The van der Waals surface area contributed by atoms with Crippen LogP contribution in [0.1, 0.15) is 16.1 Å². The second-order valence-electron chi connectivity index (χ2n) is 4.79. The molecule has 0 atom stereocenters. The van der Waals surface area contributed by atoms with Crippen molar-refractivity contribution < 1.29 is 9.90 Å². The summed E-state index contributed by atoms with van der Waals surface area (Å²) in [6.07, 6.45) is 3.05. The van der Waals surface area contributed by atoms with Gasteiger partial charge in [-0.15, -0.1) is 0 Å². The predicted octanol–water partition coefficient (Wildman–Crippen LogP) is 2.80. The fourth-order valence-corrected chi connectivity index (χ4v) is 2.51. The van der Waals surface area contributed by atoms with Crippen LogP contribution in [0.3, 0.4) is 0 Å². The van der Waals surface area contributed by atoms with Gasteiger partial charge in [0.15, 0.2) is 0 Å². The molecule has 1 aromatic carbocycles. The van der Waals surface area contributed by atoms with Gasteiger partial charge in [-0.05, 0) is 30.3 Å². The SMILES string of the molecule is O=C(O)c1ccnc(Cn2ccc3c(Cl)cccc3c2=O)c1. The number of fused-ring (bicyclic) bond motifs is 1. The standard InChI is InChI=1S/C16H11ClN2O3/c17-14-3-1-2-13-12(14)5-7-19(15(13)20)9-11-8-10(16(21)22)4-6-18-11/h1-8H,9H2,(H,21,22). The van der Waals surface area contributed by atoms with Gasteiger partial charge >= 0.3 is 5.97 Å². The van der Waals surface area contributed by atoms with Gasteiger partial charge in [0.2, 0.25) is 0 Å². The molecule has 3 aromatic rings. The van der Waals surface area contributed by atoms with Crippen molar-refractivity contribution in [1.29, 1.82) is 0 Å². The molecule has 0 aliphatic carbocycles. The fraction of sp³-hybridized carbons (Fsp3) is 0.0625. The zero-order chi connectivity index (χ0) is 15.7. The molecule has 110 valence electrons. The third-order valence-corrected chi connectivity index (χ3v) is 3.69. The largest absolute Gasteiger partial charge is 0.478 e. The molecule has 2 heterocycles. The second-order valence-corrected chi connectivity index (χ2v) is 5.20. The molecule has 3 rings (SSSR count). The van der Waals surface area contributed by atoms with E-state index in [0.717, 1.165) is 0 Å². The number of nitrogens with zero attached hydrogens (tertiary/aromatic N) is 2. The summed E-state index contributed by atoms with van der Waals surface area (Å²) in [6.45, 7) is 0.197. The quantitative estimate of drug-likeness (QED) is 0.807. The molecule has 6 heteroatoms. The molecule has 5 nitrogen and oxygen atoms in total. The maximum atomic E-state index is 12.5. The first-order chi connectivity index (χ1) is 10.6. The molecule has 1 N–H and O–H groups in total. The van der Waals surface area contributed by atoms with E-state index in [9.17, 15) is 9.59 Å². The minimum absolute atomic E-state index is 0.141. The molecule has 2 aromatic heterocycles. The van der Waals surface area contributed by atoms with E-state index in [-0.39, 0.29) is 17.7 Å². The third kappa shape index (κ3) is 2.58. The van der Waals surface area contributed by atoms with Crippen LogP contribution < -0.4 is 5.56 Å². The number of benzene rings is 1. The molecule has 0 unspecified atom stereocenters. The highest BCUT2D eigenvalue weighted by molar-refractivity contribution is 6.35. The summed E-state index contributed by atoms with van der Waals surface area (Å²) in [5.41, 5.74) is 0.452. The van der Waals surface area contributed by atoms with Crippen LogP contribution in [-0.4, -0.2) is 20.6 Å². The summed E-state index contributed by atoms with van der Waals surface area (Å²) < 4.78 is 1.48. The van der Waals surface area contributed by atoms with Crippen LogP contribution in [0.15, 0.2) is 53.6 Å². The topological polar surface area (TPSA) is 72.2 Å². The van der Waals surface area contributed by atoms with Crippen molar-refractivity contribution in [3.8, 4) is 0 Å². The van der Waals surface area contributed by atoms with Crippen molar-refractivity contribution >= 4 is 28.3 Å². The van der Waals surface area contributed by atoms with Gasteiger partial charge in [0.1, 0.15) is 0 Å². The normalized spacial score (nSPS) is 10.8. The zero-order valence-electron chi connectivity index (χ0n) is 11.4. The van der Waals surface area contributed by atoms with Crippen LogP contribution in [-0.2, 0) is 6.54 Å². The van der Waals surface area contributed by atoms with Crippen LogP contribution in [0.25, 0.3) is 10.8 Å². The van der Waals surface area contributed by atoms with Crippen LogP contribution in [0.5, 0.6) is 0 Å². The first-order valence-corrected chi connectivity index (χ1v) is 6.90. The number of carbonyl (C=O) groups is 1. The lowest BCUT2D eigenvalue weighted by atomic mass is 10.1. The average Bonchev–Trinajstić information content (AvgIpc) is 2.51. The van der Waals surface area contributed by atoms with Gasteiger partial charge in [-0.25, -0.2) is 4.79 Å². The molecule has 0 bridgehead atoms. The Labute approximate surface area is 130 Å². The van der Waals surface area contributed by atoms with Crippen molar-refractivity contribution in [2.75, 3.05) is 0 Å². The van der Waals surface area contributed by atoms with Crippen LogP contribution in [0.2, 0.25) is 5.02 Å². The number of carboxylic acid groups (broad SMARTS) is 1. The minimum Gasteiger partial charge on any atom is -0.478 e. The van der Waals surface area contributed by atoms with E-state index in [0.29, 0.717) is 21.5 Å². The Kier molecular flexibility index (Phi) is 3.65.